The lowest BCUT2D eigenvalue weighted by atomic mass is 10.2. The lowest BCUT2D eigenvalue weighted by Gasteiger charge is -2.19. The van der Waals surface area contributed by atoms with Crippen molar-refractivity contribution < 1.29 is 14.3 Å². The molecule has 1 N–H and O–H groups in total. The first-order chi connectivity index (χ1) is 12.1. The van der Waals surface area contributed by atoms with Crippen LogP contribution in [0.5, 0.6) is 11.8 Å². The van der Waals surface area contributed by atoms with Crippen molar-refractivity contribution in [2.45, 2.75) is 44.7 Å². The SMILES string of the molecule is COc1ccc(C(=O)NC(C)c2nncn2C2CCCC2)c(OC)n1. The number of rotatable bonds is 6. The molecule has 1 saturated carbocycles. The van der Waals surface area contributed by atoms with Gasteiger partial charge < -0.3 is 19.4 Å². The molecule has 1 atom stereocenters. The van der Waals surface area contributed by atoms with Crippen LogP contribution < -0.4 is 14.8 Å². The standard InChI is InChI=1S/C17H23N5O3/c1-11(15-21-18-10-22(15)12-6-4-5-7-12)19-16(23)13-8-9-14(24-2)20-17(13)25-3/h8-12H,4-7H2,1-3H3,(H,19,23). The van der Waals surface area contributed by atoms with Crippen molar-refractivity contribution in [1.82, 2.24) is 25.1 Å². The average molecular weight is 345 g/mol. The highest BCUT2D eigenvalue weighted by atomic mass is 16.5. The lowest BCUT2D eigenvalue weighted by molar-refractivity contribution is 0.0933. The zero-order valence-electron chi connectivity index (χ0n) is 14.7. The molecule has 1 unspecified atom stereocenters. The number of methoxy groups -OCH3 is 2. The molecular weight excluding hydrogens is 322 g/mol. The van der Waals surface area contributed by atoms with Crippen molar-refractivity contribution in [3.63, 3.8) is 0 Å². The summed E-state index contributed by atoms with van der Waals surface area (Å²) in [6.45, 7) is 1.90. The molecule has 0 radical (unpaired) electrons. The zero-order valence-corrected chi connectivity index (χ0v) is 14.7. The van der Waals surface area contributed by atoms with Crippen molar-refractivity contribution in [2.24, 2.45) is 0 Å². The van der Waals surface area contributed by atoms with Crippen LogP contribution in [-0.2, 0) is 0 Å². The summed E-state index contributed by atoms with van der Waals surface area (Å²) in [5, 5.41) is 11.2. The molecule has 134 valence electrons. The molecule has 0 aliphatic heterocycles. The molecule has 8 heteroatoms. The molecule has 0 spiro atoms. The first-order valence-corrected chi connectivity index (χ1v) is 8.43. The van der Waals surface area contributed by atoms with Gasteiger partial charge in [-0.2, -0.15) is 4.98 Å². The fraction of sp³-hybridized carbons (Fsp3) is 0.529. The van der Waals surface area contributed by atoms with Crippen LogP contribution in [0.2, 0.25) is 0 Å². The van der Waals surface area contributed by atoms with Crippen molar-refractivity contribution in [3.05, 3.63) is 29.8 Å². The van der Waals surface area contributed by atoms with Gasteiger partial charge in [0.15, 0.2) is 5.82 Å². The van der Waals surface area contributed by atoms with Crippen LogP contribution in [0.15, 0.2) is 18.5 Å². The van der Waals surface area contributed by atoms with Gasteiger partial charge in [0.2, 0.25) is 11.8 Å². The molecule has 2 aromatic rings. The molecular formula is C17H23N5O3. The summed E-state index contributed by atoms with van der Waals surface area (Å²) in [5.41, 5.74) is 0.349. The fourth-order valence-electron chi connectivity index (χ4n) is 3.23. The maximum atomic E-state index is 12.6. The van der Waals surface area contributed by atoms with E-state index in [4.69, 9.17) is 9.47 Å². The van der Waals surface area contributed by atoms with E-state index in [1.165, 1.54) is 27.1 Å². The van der Waals surface area contributed by atoms with Crippen LogP contribution >= 0.6 is 0 Å². The normalized spacial score (nSPS) is 15.8. The predicted molar refractivity (Wildman–Crippen MR) is 90.7 cm³/mol. The van der Waals surface area contributed by atoms with Gasteiger partial charge in [0.05, 0.1) is 20.3 Å². The molecule has 2 heterocycles. The Labute approximate surface area is 146 Å². The molecule has 8 nitrogen and oxygen atoms in total. The van der Waals surface area contributed by atoms with Gasteiger partial charge in [0, 0.05) is 12.1 Å². The minimum Gasteiger partial charge on any atom is -0.481 e. The Balaban J connectivity index is 1.76. The number of hydrogen-bond acceptors (Lipinski definition) is 6. The largest absolute Gasteiger partial charge is 0.481 e. The number of hydrogen-bond donors (Lipinski definition) is 1. The Hall–Kier alpha value is -2.64. The minimum absolute atomic E-state index is 0.223. The Kier molecular flexibility index (Phi) is 5.16. The number of carbonyl (C=O) groups is 1. The third-order valence-corrected chi connectivity index (χ3v) is 4.54. The summed E-state index contributed by atoms with van der Waals surface area (Å²) < 4.78 is 12.3. The molecule has 3 rings (SSSR count). The van der Waals surface area contributed by atoms with Crippen LogP contribution in [0.25, 0.3) is 0 Å². The number of pyridine rings is 1. The fourth-order valence-corrected chi connectivity index (χ4v) is 3.23. The molecule has 0 saturated heterocycles. The summed E-state index contributed by atoms with van der Waals surface area (Å²) in [6, 6.07) is 3.40. The lowest BCUT2D eigenvalue weighted by Crippen LogP contribution is -2.29. The number of amides is 1. The summed E-state index contributed by atoms with van der Waals surface area (Å²) in [7, 11) is 2.98. The zero-order chi connectivity index (χ0) is 17.8. The van der Waals surface area contributed by atoms with Gasteiger partial charge in [-0.15, -0.1) is 10.2 Å². The van der Waals surface area contributed by atoms with E-state index in [0.29, 0.717) is 17.5 Å². The first-order valence-electron chi connectivity index (χ1n) is 8.43. The highest BCUT2D eigenvalue weighted by Gasteiger charge is 2.24. The first kappa shape index (κ1) is 17.2. The van der Waals surface area contributed by atoms with Crippen molar-refractivity contribution in [2.75, 3.05) is 14.2 Å². The predicted octanol–water partition coefficient (Wildman–Crippen LogP) is 2.30. The second-order valence-corrected chi connectivity index (χ2v) is 6.14. The van der Waals surface area contributed by atoms with Crippen LogP contribution in [0.1, 0.15) is 60.9 Å². The van der Waals surface area contributed by atoms with Gasteiger partial charge in [-0.3, -0.25) is 4.79 Å². The van der Waals surface area contributed by atoms with Crippen molar-refractivity contribution in [3.8, 4) is 11.8 Å². The molecule has 0 bridgehead atoms. The number of nitrogens with zero attached hydrogens (tertiary/aromatic N) is 4. The van der Waals surface area contributed by atoms with E-state index < -0.39 is 0 Å². The summed E-state index contributed by atoms with van der Waals surface area (Å²) in [4.78, 5) is 16.8. The molecule has 0 aromatic carbocycles. The average Bonchev–Trinajstić information content (AvgIpc) is 3.31. The van der Waals surface area contributed by atoms with Crippen LogP contribution in [0.4, 0.5) is 0 Å². The van der Waals surface area contributed by atoms with E-state index in [0.717, 1.165) is 18.7 Å². The quantitative estimate of drug-likeness (QED) is 0.864. The Bertz CT molecular complexity index is 740. The monoisotopic (exact) mass is 345 g/mol. The van der Waals surface area contributed by atoms with E-state index in [-0.39, 0.29) is 17.8 Å². The number of carbonyl (C=O) groups excluding carboxylic acids is 1. The van der Waals surface area contributed by atoms with Gasteiger partial charge in [-0.05, 0) is 25.8 Å². The van der Waals surface area contributed by atoms with Crippen LogP contribution in [0, 0.1) is 0 Å². The highest BCUT2D eigenvalue weighted by molar-refractivity contribution is 5.96. The summed E-state index contributed by atoms with van der Waals surface area (Å²) in [5.74, 6) is 1.10. The summed E-state index contributed by atoms with van der Waals surface area (Å²) in [6.07, 6.45) is 6.45. The van der Waals surface area contributed by atoms with Crippen molar-refractivity contribution >= 4 is 5.91 Å². The Morgan fingerprint density at radius 3 is 2.72 bits per heavy atom. The summed E-state index contributed by atoms with van der Waals surface area (Å²) >= 11 is 0. The Morgan fingerprint density at radius 1 is 1.28 bits per heavy atom. The van der Waals surface area contributed by atoms with Gasteiger partial charge >= 0.3 is 0 Å². The number of ether oxygens (including phenoxy) is 2. The smallest absolute Gasteiger partial charge is 0.257 e. The maximum absolute atomic E-state index is 12.6. The van der Waals surface area contributed by atoms with Crippen molar-refractivity contribution in [1.29, 1.82) is 0 Å². The highest BCUT2D eigenvalue weighted by Crippen LogP contribution is 2.31. The van der Waals surface area contributed by atoms with Gasteiger partial charge in [0.1, 0.15) is 11.9 Å². The third kappa shape index (κ3) is 3.57. The third-order valence-electron chi connectivity index (χ3n) is 4.54. The van der Waals surface area contributed by atoms with E-state index in [9.17, 15) is 4.79 Å². The van der Waals surface area contributed by atoms with Gasteiger partial charge in [-0.1, -0.05) is 12.8 Å². The molecule has 25 heavy (non-hydrogen) atoms. The van der Waals surface area contributed by atoms with Gasteiger partial charge in [-0.25, -0.2) is 0 Å². The van der Waals surface area contributed by atoms with E-state index in [1.807, 2.05) is 6.92 Å². The molecule has 1 aliphatic carbocycles. The molecule has 1 fully saturated rings. The molecule has 2 aromatic heterocycles. The van der Waals surface area contributed by atoms with Gasteiger partial charge in [0.25, 0.3) is 5.91 Å². The van der Waals surface area contributed by atoms with Crippen LogP contribution in [0.3, 0.4) is 0 Å². The van der Waals surface area contributed by atoms with Crippen LogP contribution in [-0.4, -0.2) is 39.9 Å². The minimum atomic E-state index is -0.277. The topological polar surface area (TPSA) is 91.2 Å². The van der Waals surface area contributed by atoms with E-state index in [2.05, 4.69) is 25.1 Å². The molecule has 1 aliphatic rings. The molecule has 1 amide bonds. The van der Waals surface area contributed by atoms with E-state index in [1.54, 1.807) is 18.5 Å². The number of aromatic nitrogens is 4. The second-order valence-electron chi connectivity index (χ2n) is 6.14. The van der Waals surface area contributed by atoms with E-state index >= 15 is 0 Å². The maximum Gasteiger partial charge on any atom is 0.257 e. The second kappa shape index (κ2) is 7.50. The number of nitrogens with one attached hydrogen (secondary N) is 1. The Morgan fingerprint density at radius 2 is 2.04 bits per heavy atom.